The SMILES string of the molecule is CNC(=O)c1ccnc2c(C(S)C(C)(C)CNc3cc(Cl)ncn3)cccc12. The number of carbonyl (C=O) groups is 1. The second-order valence-electron chi connectivity index (χ2n) is 7.15. The highest BCUT2D eigenvalue weighted by Crippen LogP contribution is 2.41. The van der Waals surface area contributed by atoms with Gasteiger partial charge in [-0.2, -0.15) is 12.6 Å². The number of amides is 1. The Bertz CT molecular complexity index is 1010. The molecule has 1 atom stereocenters. The zero-order chi connectivity index (χ0) is 20.3. The predicted molar refractivity (Wildman–Crippen MR) is 116 cm³/mol. The highest BCUT2D eigenvalue weighted by atomic mass is 35.5. The number of benzene rings is 1. The number of hydrogen-bond acceptors (Lipinski definition) is 6. The molecule has 0 bridgehead atoms. The van der Waals surface area contributed by atoms with Gasteiger partial charge in [0, 0.05) is 36.5 Å². The molecule has 1 amide bonds. The fourth-order valence-electron chi connectivity index (χ4n) is 3.02. The molecule has 0 fully saturated rings. The molecule has 0 saturated carbocycles. The molecule has 0 spiro atoms. The fourth-order valence-corrected chi connectivity index (χ4v) is 3.47. The molecule has 0 aliphatic heterocycles. The minimum Gasteiger partial charge on any atom is -0.369 e. The maximum absolute atomic E-state index is 12.2. The van der Waals surface area contributed by atoms with Crippen LogP contribution in [-0.4, -0.2) is 34.5 Å². The quantitative estimate of drug-likeness (QED) is 0.416. The first-order valence-electron chi connectivity index (χ1n) is 8.82. The number of hydrogen-bond donors (Lipinski definition) is 3. The molecule has 3 aromatic rings. The molecule has 2 heterocycles. The highest BCUT2D eigenvalue weighted by molar-refractivity contribution is 7.80. The predicted octanol–water partition coefficient (Wildman–Crippen LogP) is 4.15. The lowest BCUT2D eigenvalue weighted by Crippen LogP contribution is -2.28. The van der Waals surface area contributed by atoms with Crippen molar-refractivity contribution in [2.75, 3.05) is 18.9 Å². The van der Waals surface area contributed by atoms with Gasteiger partial charge in [-0.15, -0.1) is 0 Å². The summed E-state index contributed by atoms with van der Waals surface area (Å²) in [7, 11) is 1.62. The van der Waals surface area contributed by atoms with E-state index in [2.05, 4.69) is 39.4 Å². The Kier molecular flexibility index (Phi) is 6.05. The molecule has 0 aliphatic carbocycles. The van der Waals surface area contributed by atoms with Crippen molar-refractivity contribution in [3.05, 3.63) is 59.1 Å². The van der Waals surface area contributed by atoms with Crippen molar-refractivity contribution in [1.82, 2.24) is 20.3 Å². The minimum absolute atomic E-state index is 0.131. The van der Waals surface area contributed by atoms with Crippen LogP contribution in [0.3, 0.4) is 0 Å². The van der Waals surface area contributed by atoms with Crippen LogP contribution in [0.4, 0.5) is 5.82 Å². The number of anilines is 1. The van der Waals surface area contributed by atoms with Crippen molar-refractivity contribution in [2.45, 2.75) is 19.1 Å². The molecule has 0 radical (unpaired) electrons. The number of para-hydroxylation sites is 1. The second-order valence-corrected chi connectivity index (χ2v) is 8.06. The smallest absolute Gasteiger partial charge is 0.251 e. The van der Waals surface area contributed by atoms with E-state index in [4.69, 9.17) is 24.2 Å². The van der Waals surface area contributed by atoms with Gasteiger partial charge in [0.1, 0.15) is 17.3 Å². The Morgan fingerprint density at radius 1 is 1.25 bits per heavy atom. The Morgan fingerprint density at radius 2 is 2.04 bits per heavy atom. The van der Waals surface area contributed by atoms with Crippen molar-refractivity contribution in [2.24, 2.45) is 5.41 Å². The Labute approximate surface area is 174 Å². The Balaban J connectivity index is 1.91. The number of nitrogens with zero attached hydrogens (tertiary/aromatic N) is 3. The monoisotopic (exact) mass is 415 g/mol. The molecule has 28 heavy (non-hydrogen) atoms. The Hall–Kier alpha value is -2.38. The number of nitrogens with one attached hydrogen (secondary N) is 2. The summed E-state index contributed by atoms with van der Waals surface area (Å²) in [5.74, 6) is 0.522. The third-order valence-electron chi connectivity index (χ3n) is 4.67. The fraction of sp³-hybridized carbons (Fsp3) is 0.300. The normalized spacial score (nSPS) is 12.6. The van der Waals surface area contributed by atoms with Crippen LogP contribution < -0.4 is 10.6 Å². The van der Waals surface area contributed by atoms with E-state index in [1.54, 1.807) is 25.4 Å². The van der Waals surface area contributed by atoms with Crippen molar-refractivity contribution in [3.8, 4) is 0 Å². The molecule has 6 nitrogen and oxygen atoms in total. The van der Waals surface area contributed by atoms with Gasteiger partial charge in [-0.25, -0.2) is 9.97 Å². The molecule has 8 heteroatoms. The molecule has 1 aromatic carbocycles. The van der Waals surface area contributed by atoms with Gasteiger partial charge in [0.25, 0.3) is 5.91 Å². The van der Waals surface area contributed by atoms with E-state index in [0.717, 1.165) is 16.5 Å². The summed E-state index contributed by atoms with van der Waals surface area (Å²) in [6.07, 6.45) is 3.08. The van der Waals surface area contributed by atoms with Crippen LogP contribution in [0.1, 0.15) is 35.0 Å². The average Bonchev–Trinajstić information content (AvgIpc) is 2.70. The minimum atomic E-state index is -0.250. The van der Waals surface area contributed by atoms with Gasteiger partial charge in [-0.05, 0) is 17.0 Å². The summed E-state index contributed by atoms with van der Waals surface area (Å²) < 4.78 is 0. The molecule has 2 aromatic heterocycles. The second kappa shape index (κ2) is 8.32. The zero-order valence-corrected chi connectivity index (χ0v) is 17.6. The van der Waals surface area contributed by atoms with Crippen molar-refractivity contribution in [3.63, 3.8) is 0 Å². The first kappa shape index (κ1) is 20.4. The lowest BCUT2D eigenvalue weighted by molar-refractivity contribution is 0.0964. The van der Waals surface area contributed by atoms with E-state index in [1.165, 1.54) is 6.33 Å². The van der Waals surface area contributed by atoms with Gasteiger partial charge < -0.3 is 10.6 Å². The van der Waals surface area contributed by atoms with Crippen LogP contribution in [0.25, 0.3) is 10.9 Å². The molecule has 146 valence electrons. The number of carbonyl (C=O) groups excluding carboxylic acids is 1. The van der Waals surface area contributed by atoms with Crippen molar-refractivity contribution < 1.29 is 4.79 Å². The molecule has 0 aliphatic rings. The van der Waals surface area contributed by atoms with E-state index < -0.39 is 0 Å². The largest absolute Gasteiger partial charge is 0.369 e. The van der Waals surface area contributed by atoms with Gasteiger partial charge in [-0.3, -0.25) is 9.78 Å². The van der Waals surface area contributed by atoms with E-state index in [1.807, 2.05) is 18.2 Å². The van der Waals surface area contributed by atoms with Crippen LogP contribution in [0.5, 0.6) is 0 Å². The van der Waals surface area contributed by atoms with Crippen LogP contribution in [-0.2, 0) is 0 Å². The molecule has 0 saturated heterocycles. The molecular formula is C20H22ClN5OS. The van der Waals surface area contributed by atoms with Crippen LogP contribution in [0.15, 0.2) is 42.9 Å². The summed E-state index contributed by atoms with van der Waals surface area (Å²) in [6.45, 7) is 4.84. The lowest BCUT2D eigenvalue weighted by Gasteiger charge is -2.32. The van der Waals surface area contributed by atoms with Gasteiger partial charge in [0.05, 0.1) is 11.1 Å². The first-order chi connectivity index (χ1) is 13.3. The Morgan fingerprint density at radius 3 is 2.75 bits per heavy atom. The average molecular weight is 416 g/mol. The van der Waals surface area contributed by atoms with E-state index >= 15 is 0 Å². The number of thiol groups is 1. The molecule has 3 rings (SSSR count). The molecule has 1 unspecified atom stereocenters. The highest BCUT2D eigenvalue weighted by Gasteiger charge is 2.30. The van der Waals surface area contributed by atoms with E-state index in [0.29, 0.717) is 23.1 Å². The number of fused-ring (bicyclic) bond motifs is 1. The standard InChI is InChI=1S/C20H22ClN5OS/c1-20(2,10-24-16-9-15(21)25-11-26-16)18(28)14-6-4-5-12-13(19(27)22-3)7-8-23-17(12)14/h4-9,11,18,28H,10H2,1-3H3,(H,22,27)(H,24,25,26). The maximum Gasteiger partial charge on any atom is 0.251 e. The van der Waals surface area contributed by atoms with Crippen LogP contribution in [0, 0.1) is 5.41 Å². The summed E-state index contributed by atoms with van der Waals surface area (Å²) in [6, 6.07) is 9.25. The number of pyridine rings is 1. The number of aromatic nitrogens is 3. The third-order valence-corrected chi connectivity index (χ3v) is 5.85. The van der Waals surface area contributed by atoms with Crippen LogP contribution in [0.2, 0.25) is 5.15 Å². The molecule has 2 N–H and O–H groups in total. The van der Waals surface area contributed by atoms with Crippen LogP contribution >= 0.6 is 24.2 Å². The molecular weight excluding hydrogens is 394 g/mol. The topological polar surface area (TPSA) is 79.8 Å². The van der Waals surface area contributed by atoms with Crippen molar-refractivity contribution in [1.29, 1.82) is 0 Å². The third kappa shape index (κ3) is 4.20. The summed E-state index contributed by atoms with van der Waals surface area (Å²) in [5.41, 5.74) is 2.10. The first-order valence-corrected chi connectivity index (χ1v) is 9.72. The van der Waals surface area contributed by atoms with Gasteiger partial charge in [0.15, 0.2) is 0 Å². The number of rotatable bonds is 6. The van der Waals surface area contributed by atoms with E-state index in [-0.39, 0.29) is 16.6 Å². The van der Waals surface area contributed by atoms with Gasteiger partial charge in [-0.1, -0.05) is 43.6 Å². The van der Waals surface area contributed by atoms with Crippen molar-refractivity contribution >= 4 is 46.9 Å². The number of halogens is 1. The maximum atomic E-state index is 12.2. The lowest BCUT2D eigenvalue weighted by atomic mass is 9.84. The summed E-state index contributed by atoms with van der Waals surface area (Å²) in [4.78, 5) is 24.8. The van der Waals surface area contributed by atoms with Gasteiger partial charge in [0.2, 0.25) is 0 Å². The summed E-state index contributed by atoms with van der Waals surface area (Å²) in [5, 5.41) is 7.04. The van der Waals surface area contributed by atoms with E-state index in [9.17, 15) is 4.79 Å². The zero-order valence-electron chi connectivity index (χ0n) is 15.9. The summed E-state index contributed by atoms with van der Waals surface area (Å²) >= 11 is 10.8. The van der Waals surface area contributed by atoms with Gasteiger partial charge >= 0.3 is 0 Å².